The number of rotatable bonds is 11. The monoisotopic (exact) mass is 638 g/mol. The van der Waals surface area contributed by atoms with Crippen LogP contribution in [0.4, 0.5) is 20.3 Å². The first kappa shape index (κ1) is 35.1. The van der Waals surface area contributed by atoms with Gasteiger partial charge in [0.25, 0.3) is 0 Å². The van der Waals surface area contributed by atoms with Gasteiger partial charge in [0.2, 0.25) is 0 Å². The highest BCUT2D eigenvalue weighted by Crippen LogP contribution is 2.43. The smallest absolute Gasteiger partial charge is 0.340 e. The van der Waals surface area contributed by atoms with Gasteiger partial charge in [-0.25, -0.2) is 18.6 Å². The molecule has 250 valence electrons. The number of nitrogens with zero attached hydrogens (tertiary/aromatic N) is 4. The van der Waals surface area contributed by atoms with Gasteiger partial charge in [-0.2, -0.15) is 0 Å². The minimum absolute atomic E-state index is 0.136. The Morgan fingerprint density at radius 1 is 1.04 bits per heavy atom. The summed E-state index contributed by atoms with van der Waals surface area (Å²) in [6, 6.07) is 7.02. The van der Waals surface area contributed by atoms with Crippen molar-refractivity contribution in [3.63, 3.8) is 0 Å². The fourth-order valence-corrected chi connectivity index (χ4v) is 5.48. The molecule has 1 saturated heterocycles. The number of carbonyl (C=O) groups is 1. The maximum Gasteiger partial charge on any atom is 0.340 e. The molecule has 0 bridgehead atoms. The highest BCUT2D eigenvalue weighted by Gasteiger charge is 2.37. The number of carbonyl (C=O) groups excluding carboxylic acids is 1. The molecule has 2 aromatic heterocycles. The van der Waals surface area contributed by atoms with Gasteiger partial charge < -0.3 is 24.0 Å². The maximum atomic E-state index is 13.6. The summed E-state index contributed by atoms with van der Waals surface area (Å²) in [7, 11) is 1.87. The third-order valence-electron chi connectivity index (χ3n) is 8.00. The Bertz CT molecular complexity index is 1470. The number of aromatic nitrogens is 2. The fraction of sp³-hybridized carbons (Fsp3) is 0.528. The first-order valence-corrected chi connectivity index (χ1v) is 15.9. The van der Waals surface area contributed by atoms with Crippen molar-refractivity contribution in [1.29, 1.82) is 0 Å². The van der Waals surface area contributed by atoms with Crippen molar-refractivity contribution in [2.45, 2.75) is 86.0 Å². The van der Waals surface area contributed by atoms with Gasteiger partial charge in [-0.05, 0) is 71.9 Å². The summed E-state index contributed by atoms with van der Waals surface area (Å²) in [6.45, 7) is 18.2. The van der Waals surface area contributed by atoms with Crippen LogP contribution in [0.1, 0.15) is 78.7 Å². The van der Waals surface area contributed by atoms with Gasteiger partial charge in [0.15, 0.2) is 6.10 Å². The lowest BCUT2D eigenvalue weighted by atomic mass is 9.82. The van der Waals surface area contributed by atoms with Crippen molar-refractivity contribution in [3.05, 3.63) is 65.6 Å². The van der Waals surface area contributed by atoms with E-state index in [2.05, 4.69) is 18.7 Å². The molecule has 3 heterocycles. The molecule has 0 N–H and O–H groups in total. The Kier molecular flexibility index (Phi) is 10.9. The quantitative estimate of drug-likeness (QED) is 0.198. The number of likely N-dealkylation sites (N-methyl/N-ethyl adjacent to an activating group) is 1. The predicted molar refractivity (Wildman–Crippen MR) is 177 cm³/mol. The van der Waals surface area contributed by atoms with Gasteiger partial charge in [-0.1, -0.05) is 13.8 Å². The van der Waals surface area contributed by atoms with Crippen molar-refractivity contribution in [3.8, 4) is 16.9 Å². The van der Waals surface area contributed by atoms with Crippen molar-refractivity contribution < 1.29 is 27.8 Å². The van der Waals surface area contributed by atoms with E-state index in [0.29, 0.717) is 23.6 Å². The molecule has 1 aromatic carbocycles. The second-order valence-electron chi connectivity index (χ2n) is 14.0. The van der Waals surface area contributed by atoms with E-state index in [1.54, 1.807) is 6.20 Å². The highest BCUT2D eigenvalue weighted by atomic mass is 19.1. The molecule has 10 heteroatoms. The first-order valence-electron chi connectivity index (χ1n) is 15.9. The average molecular weight is 639 g/mol. The molecule has 1 aliphatic rings. The maximum absolute atomic E-state index is 13.6. The number of hydrogen-bond acceptors (Lipinski definition) is 8. The van der Waals surface area contributed by atoms with E-state index < -0.39 is 29.3 Å². The van der Waals surface area contributed by atoms with E-state index in [0.717, 1.165) is 60.9 Å². The van der Waals surface area contributed by atoms with E-state index in [1.165, 1.54) is 0 Å². The van der Waals surface area contributed by atoms with Crippen LogP contribution in [0.25, 0.3) is 11.1 Å². The number of hydrogen-bond donors (Lipinski definition) is 0. The third kappa shape index (κ3) is 9.15. The van der Waals surface area contributed by atoms with Crippen molar-refractivity contribution in [1.82, 2.24) is 9.97 Å². The first-order chi connectivity index (χ1) is 21.5. The highest BCUT2D eigenvalue weighted by molar-refractivity contribution is 5.87. The SMILES string of the molecule is Cc1ncc(-c2ccc(N(C)CCOc3cc(F)cc(F)c3)nc2)c(N2CCC(C)(C)CC2)c1[C@H](OC(C)(C)C)C(=O)OC(C)C. The zero-order valence-corrected chi connectivity index (χ0v) is 28.6. The summed E-state index contributed by atoms with van der Waals surface area (Å²) in [4.78, 5) is 27.4. The van der Waals surface area contributed by atoms with Crippen molar-refractivity contribution in [2.75, 3.05) is 43.1 Å². The van der Waals surface area contributed by atoms with Crippen LogP contribution in [-0.4, -0.2) is 60.9 Å². The molecule has 1 fully saturated rings. The predicted octanol–water partition coefficient (Wildman–Crippen LogP) is 7.68. The Hall–Kier alpha value is -3.79. The molecule has 1 aliphatic heterocycles. The third-order valence-corrected chi connectivity index (χ3v) is 8.00. The van der Waals surface area contributed by atoms with Crippen LogP contribution in [-0.2, 0) is 14.3 Å². The van der Waals surface area contributed by atoms with E-state index in [9.17, 15) is 13.6 Å². The van der Waals surface area contributed by atoms with Crippen LogP contribution < -0.4 is 14.5 Å². The molecule has 1 atom stereocenters. The molecule has 0 amide bonds. The van der Waals surface area contributed by atoms with E-state index in [-0.39, 0.29) is 23.9 Å². The van der Waals surface area contributed by atoms with Crippen LogP contribution in [0.5, 0.6) is 5.75 Å². The van der Waals surface area contributed by atoms with Crippen molar-refractivity contribution in [2.24, 2.45) is 5.41 Å². The zero-order valence-electron chi connectivity index (χ0n) is 28.6. The van der Waals surface area contributed by atoms with Gasteiger partial charge in [0, 0.05) is 73.1 Å². The summed E-state index contributed by atoms with van der Waals surface area (Å²) in [5, 5.41) is 0. The van der Waals surface area contributed by atoms with Crippen LogP contribution in [0.2, 0.25) is 0 Å². The lowest BCUT2D eigenvalue weighted by molar-refractivity contribution is -0.171. The molecule has 46 heavy (non-hydrogen) atoms. The number of benzene rings is 1. The number of anilines is 2. The lowest BCUT2D eigenvalue weighted by Crippen LogP contribution is -2.39. The Morgan fingerprint density at radius 2 is 1.70 bits per heavy atom. The summed E-state index contributed by atoms with van der Waals surface area (Å²) in [6.07, 6.45) is 4.38. The standard InChI is InChI=1S/C36H48F2N4O4/c1-23(2)45-34(43)33(46-35(4,5)6)31-24(3)39-22-29(32(31)42-14-12-36(7,8)13-15-42)25-10-11-30(40-21-25)41(9)16-17-44-28-19-26(37)18-27(38)20-28/h10-11,18-23,33H,12-17H2,1-9H3/t33-/m0/s1. The minimum Gasteiger partial charge on any atom is -0.492 e. The minimum atomic E-state index is -0.968. The zero-order chi connectivity index (χ0) is 33.8. The molecule has 0 radical (unpaired) electrons. The summed E-state index contributed by atoms with van der Waals surface area (Å²) >= 11 is 0. The lowest BCUT2D eigenvalue weighted by Gasteiger charge is -2.41. The van der Waals surface area contributed by atoms with Crippen LogP contribution in [0.15, 0.2) is 42.7 Å². The summed E-state index contributed by atoms with van der Waals surface area (Å²) in [5.74, 6) is -0.973. The Morgan fingerprint density at radius 3 is 2.26 bits per heavy atom. The molecular formula is C36H48F2N4O4. The fourth-order valence-electron chi connectivity index (χ4n) is 5.48. The second kappa shape index (κ2) is 14.3. The second-order valence-corrected chi connectivity index (χ2v) is 14.0. The number of piperidine rings is 1. The molecule has 0 aliphatic carbocycles. The average Bonchev–Trinajstić information content (AvgIpc) is 2.95. The normalized spacial score (nSPS) is 15.5. The molecule has 3 aromatic rings. The number of esters is 1. The molecular weight excluding hydrogens is 590 g/mol. The summed E-state index contributed by atoms with van der Waals surface area (Å²) < 4.78 is 44.8. The van der Waals surface area contributed by atoms with Gasteiger partial charge >= 0.3 is 5.97 Å². The van der Waals surface area contributed by atoms with Crippen molar-refractivity contribution >= 4 is 17.5 Å². The van der Waals surface area contributed by atoms with E-state index in [1.807, 2.05) is 71.8 Å². The van der Waals surface area contributed by atoms with Gasteiger partial charge in [0.05, 0.1) is 23.9 Å². The Balaban J connectivity index is 1.68. The molecule has 8 nitrogen and oxygen atoms in total. The Labute approximate surface area is 272 Å². The topological polar surface area (TPSA) is 77.0 Å². The molecule has 0 saturated carbocycles. The molecule has 0 unspecified atom stereocenters. The number of halogens is 2. The van der Waals surface area contributed by atoms with E-state index in [4.69, 9.17) is 24.2 Å². The molecule has 0 spiro atoms. The number of ether oxygens (including phenoxy) is 3. The van der Waals surface area contributed by atoms with Crippen LogP contribution in [0.3, 0.4) is 0 Å². The van der Waals surface area contributed by atoms with E-state index >= 15 is 0 Å². The van der Waals surface area contributed by atoms with Crippen LogP contribution in [0, 0.1) is 24.0 Å². The van der Waals surface area contributed by atoms with Gasteiger partial charge in [-0.3, -0.25) is 4.98 Å². The number of pyridine rings is 2. The van der Waals surface area contributed by atoms with Gasteiger partial charge in [0.1, 0.15) is 29.8 Å². The molecule has 4 rings (SSSR count). The summed E-state index contributed by atoms with van der Waals surface area (Å²) in [5.41, 5.74) is 3.65. The number of aryl methyl sites for hydroxylation is 1. The van der Waals surface area contributed by atoms with Gasteiger partial charge in [-0.15, -0.1) is 0 Å². The van der Waals surface area contributed by atoms with Crippen LogP contribution >= 0.6 is 0 Å². The largest absolute Gasteiger partial charge is 0.492 e.